The van der Waals surface area contributed by atoms with Gasteiger partial charge in [-0.05, 0) is 43.2 Å². The van der Waals surface area contributed by atoms with Crippen molar-refractivity contribution < 1.29 is 13.2 Å². The molecule has 0 saturated heterocycles. The highest BCUT2D eigenvalue weighted by atomic mass is 35.5. The fourth-order valence-electron chi connectivity index (χ4n) is 4.52. The number of hydrogen-bond donors (Lipinski definition) is 1. The monoisotopic (exact) mass is 473 g/mol. The van der Waals surface area contributed by atoms with Crippen LogP contribution in [0.2, 0.25) is 5.02 Å². The van der Waals surface area contributed by atoms with Gasteiger partial charge in [-0.2, -0.15) is 17.7 Å². The molecule has 0 aliphatic heterocycles. The zero-order valence-corrected chi connectivity index (χ0v) is 18.6. The number of nitrogens with one attached hydrogen (secondary N) is 1. The smallest absolute Gasteiger partial charge is 0.367 e. The van der Waals surface area contributed by atoms with Crippen molar-refractivity contribution in [2.45, 2.75) is 57.2 Å². The number of fused-ring (bicyclic) bond motifs is 3. The van der Waals surface area contributed by atoms with Crippen molar-refractivity contribution in [3.63, 3.8) is 0 Å². The van der Waals surface area contributed by atoms with E-state index in [0.29, 0.717) is 27.7 Å². The van der Waals surface area contributed by atoms with Crippen molar-refractivity contribution in [2.24, 2.45) is 0 Å². The van der Waals surface area contributed by atoms with Gasteiger partial charge < -0.3 is 5.32 Å². The maximum absolute atomic E-state index is 13.3. The molecular weight excluding hydrogens is 451 g/mol. The van der Waals surface area contributed by atoms with Crippen LogP contribution >= 0.6 is 11.6 Å². The minimum Gasteiger partial charge on any atom is -0.367 e. The summed E-state index contributed by atoms with van der Waals surface area (Å²) in [6, 6.07) is 10.8. The Kier molecular flexibility index (Phi) is 5.86. The Morgan fingerprint density at radius 1 is 0.970 bits per heavy atom. The molecule has 1 N–H and O–H groups in total. The van der Waals surface area contributed by atoms with Crippen LogP contribution in [0.15, 0.2) is 42.5 Å². The van der Waals surface area contributed by atoms with Gasteiger partial charge in [0.05, 0.1) is 11.1 Å². The fourth-order valence-corrected chi connectivity index (χ4v) is 4.69. The summed E-state index contributed by atoms with van der Waals surface area (Å²) in [7, 11) is 0. The third kappa shape index (κ3) is 4.49. The molecule has 5 rings (SSSR count). The lowest BCUT2D eigenvalue weighted by molar-refractivity contribution is -0.137. The maximum atomic E-state index is 13.3. The van der Waals surface area contributed by atoms with Crippen LogP contribution < -0.4 is 5.32 Å². The van der Waals surface area contributed by atoms with Crippen LogP contribution in [-0.2, 0) is 6.18 Å². The molecule has 4 aromatic rings. The molecule has 0 unspecified atom stereocenters. The van der Waals surface area contributed by atoms with Gasteiger partial charge in [-0.1, -0.05) is 61.1 Å². The van der Waals surface area contributed by atoms with Crippen LogP contribution in [0.25, 0.3) is 27.8 Å². The molecule has 33 heavy (non-hydrogen) atoms. The van der Waals surface area contributed by atoms with Crippen molar-refractivity contribution >= 4 is 34.0 Å². The molecule has 2 heterocycles. The average molecular weight is 474 g/mol. The highest BCUT2D eigenvalue weighted by Gasteiger charge is 2.31. The lowest BCUT2D eigenvalue weighted by Gasteiger charge is -2.22. The highest BCUT2D eigenvalue weighted by molar-refractivity contribution is 6.31. The molecule has 5 nitrogen and oxygen atoms in total. The Morgan fingerprint density at radius 2 is 1.73 bits per heavy atom. The van der Waals surface area contributed by atoms with E-state index in [-0.39, 0.29) is 6.04 Å². The summed E-state index contributed by atoms with van der Waals surface area (Å²) < 4.78 is 41.4. The molecule has 1 aliphatic rings. The van der Waals surface area contributed by atoms with E-state index in [1.54, 1.807) is 16.6 Å². The number of nitrogens with zero attached hydrogens (tertiary/aromatic N) is 4. The van der Waals surface area contributed by atoms with E-state index in [9.17, 15) is 13.2 Å². The summed E-state index contributed by atoms with van der Waals surface area (Å²) in [6.07, 6.45) is 3.69. The lowest BCUT2D eigenvalue weighted by atomic mass is 9.96. The van der Waals surface area contributed by atoms with Crippen LogP contribution in [0.1, 0.15) is 50.5 Å². The molecule has 172 valence electrons. The Labute approximate surface area is 194 Å². The molecule has 1 fully saturated rings. The third-order valence-electron chi connectivity index (χ3n) is 6.22. The predicted molar refractivity (Wildman–Crippen MR) is 123 cm³/mol. The molecule has 0 radical (unpaired) electrons. The van der Waals surface area contributed by atoms with Crippen LogP contribution in [0.5, 0.6) is 0 Å². The Morgan fingerprint density at radius 3 is 2.48 bits per heavy atom. The van der Waals surface area contributed by atoms with Gasteiger partial charge in [-0.3, -0.25) is 0 Å². The topological polar surface area (TPSA) is 55.1 Å². The number of halogens is 4. The molecule has 2 aromatic heterocycles. The van der Waals surface area contributed by atoms with E-state index >= 15 is 0 Å². The first-order valence-corrected chi connectivity index (χ1v) is 11.6. The molecule has 1 saturated carbocycles. The van der Waals surface area contributed by atoms with E-state index in [2.05, 4.69) is 15.6 Å². The minimum atomic E-state index is -4.44. The lowest BCUT2D eigenvalue weighted by Crippen LogP contribution is -2.21. The SMILES string of the molecule is FC(F)(F)c1cccc(-c2nnn3c2nc(NC2CCCCCCC2)c2cc(Cl)ccc23)c1. The van der Waals surface area contributed by atoms with Gasteiger partial charge in [0.25, 0.3) is 0 Å². The second-order valence-corrected chi connectivity index (χ2v) is 9.00. The van der Waals surface area contributed by atoms with Crippen LogP contribution in [0.4, 0.5) is 19.0 Å². The second-order valence-electron chi connectivity index (χ2n) is 8.56. The van der Waals surface area contributed by atoms with Gasteiger partial charge in [0, 0.05) is 22.0 Å². The van der Waals surface area contributed by atoms with Gasteiger partial charge in [-0.15, -0.1) is 5.10 Å². The highest BCUT2D eigenvalue weighted by Crippen LogP contribution is 2.34. The average Bonchev–Trinajstić information content (AvgIpc) is 3.19. The van der Waals surface area contributed by atoms with Crippen molar-refractivity contribution in [3.8, 4) is 11.3 Å². The summed E-state index contributed by atoms with van der Waals surface area (Å²) >= 11 is 6.29. The molecule has 2 aromatic carbocycles. The summed E-state index contributed by atoms with van der Waals surface area (Å²) in [5.41, 5.74) is 1.03. The van der Waals surface area contributed by atoms with Crippen LogP contribution in [-0.4, -0.2) is 25.9 Å². The van der Waals surface area contributed by atoms with E-state index < -0.39 is 11.7 Å². The van der Waals surface area contributed by atoms with Crippen molar-refractivity contribution in [1.29, 1.82) is 0 Å². The number of anilines is 1. The Balaban J connectivity index is 1.64. The first-order valence-electron chi connectivity index (χ1n) is 11.2. The van der Waals surface area contributed by atoms with Crippen molar-refractivity contribution in [3.05, 3.63) is 53.1 Å². The van der Waals surface area contributed by atoms with Crippen LogP contribution in [0, 0.1) is 0 Å². The number of hydrogen-bond acceptors (Lipinski definition) is 4. The molecule has 1 aliphatic carbocycles. The minimum absolute atomic E-state index is 0.273. The number of alkyl halides is 3. The second kappa shape index (κ2) is 8.82. The summed E-state index contributed by atoms with van der Waals surface area (Å²) in [4.78, 5) is 4.81. The first kappa shape index (κ1) is 21.9. The van der Waals surface area contributed by atoms with E-state index in [0.717, 1.165) is 48.7 Å². The predicted octanol–water partition coefficient (Wildman–Crippen LogP) is 7.14. The maximum Gasteiger partial charge on any atom is 0.416 e. The van der Waals surface area contributed by atoms with Gasteiger partial charge in [0.15, 0.2) is 5.65 Å². The third-order valence-corrected chi connectivity index (χ3v) is 6.45. The standard InChI is InChI=1S/C24H23ClF3N5/c25-17-11-12-20-19(14-17)22(29-18-9-4-2-1-3-5-10-18)30-23-21(31-32-33(20)23)15-7-6-8-16(13-15)24(26,27)28/h6-8,11-14,18H,1-5,9-10H2,(H,29,30). The zero-order chi connectivity index (χ0) is 23.0. The Bertz CT molecular complexity index is 1290. The van der Waals surface area contributed by atoms with E-state index in [1.165, 1.54) is 25.3 Å². The zero-order valence-electron chi connectivity index (χ0n) is 17.9. The molecule has 0 bridgehead atoms. The van der Waals surface area contributed by atoms with Gasteiger partial charge in [0.1, 0.15) is 11.5 Å². The molecule has 0 amide bonds. The van der Waals surface area contributed by atoms with Crippen molar-refractivity contribution in [2.75, 3.05) is 5.32 Å². The normalized spacial score (nSPS) is 16.1. The quantitative estimate of drug-likeness (QED) is 0.343. The summed E-state index contributed by atoms with van der Waals surface area (Å²) in [5, 5.41) is 13.4. The number of benzene rings is 2. The molecule has 9 heteroatoms. The first-order chi connectivity index (χ1) is 15.9. The van der Waals surface area contributed by atoms with E-state index in [1.807, 2.05) is 12.1 Å². The Hall–Kier alpha value is -2.87. The van der Waals surface area contributed by atoms with Crippen LogP contribution in [0.3, 0.4) is 0 Å². The van der Waals surface area contributed by atoms with Gasteiger partial charge in [-0.25, -0.2) is 4.98 Å². The molecule has 0 spiro atoms. The molecular formula is C24H23ClF3N5. The molecule has 0 atom stereocenters. The van der Waals surface area contributed by atoms with Crippen molar-refractivity contribution in [1.82, 2.24) is 19.8 Å². The summed E-state index contributed by atoms with van der Waals surface area (Å²) in [6.45, 7) is 0. The van der Waals surface area contributed by atoms with Gasteiger partial charge in [0.2, 0.25) is 0 Å². The summed E-state index contributed by atoms with van der Waals surface area (Å²) in [5.74, 6) is 0.654. The fraction of sp³-hybridized carbons (Fsp3) is 0.375. The number of rotatable bonds is 3. The largest absolute Gasteiger partial charge is 0.416 e. The van der Waals surface area contributed by atoms with Gasteiger partial charge >= 0.3 is 6.18 Å². The number of aromatic nitrogens is 4. The van der Waals surface area contributed by atoms with E-state index in [4.69, 9.17) is 16.6 Å².